The van der Waals surface area contributed by atoms with Gasteiger partial charge < -0.3 is 9.84 Å². The number of fused-ring (bicyclic) bond motifs is 1. The Labute approximate surface area is 153 Å². The molecule has 0 unspecified atom stereocenters. The predicted octanol–water partition coefficient (Wildman–Crippen LogP) is 4.30. The molecule has 0 saturated heterocycles. The van der Waals surface area contributed by atoms with E-state index in [1.54, 1.807) is 31.2 Å². The third kappa shape index (κ3) is 4.20. The maximum atomic E-state index is 12.5. The number of alkyl halides is 2. The zero-order chi connectivity index (χ0) is 19.4. The summed E-state index contributed by atoms with van der Waals surface area (Å²) in [5.41, 5.74) is 2.98. The first-order chi connectivity index (χ1) is 13.0. The monoisotopic (exact) mass is 370 g/mol. The summed E-state index contributed by atoms with van der Waals surface area (Å²) in [5.74, 6) is -0.845. The number of nitrogens with one attached hydrogen (secondary N) is 1. The highest BCUT2D eigenvalue weighted by atomic mass is 19.3. The highest BCUT2D eigenvalue weighted by Crippen LogP contribution is 2.25. The van der Waals surface area contributed by atoms with Gasteiger partial charge in [0.1, 0.15) is 11.5 Å². The van der Waals surface area contributed by atoms with Gasteiger partial charge in [-0.25, -0.2) is 5.43 Å². The molecule has 7 heteroatoms. The number of ether oxygens (including phenoxy) is 1. The molecule has 27 heavy (non-hydrogen) atoms. The lowest BCUT2D eigenvalue weighted by Gasteiger charge is -2.10. The van der Waals surface area contributed by atoms with E-state index < -0.39 is 12.5 Å². The number of aromatic hydroxyl groups is 1. The Morgan fingerprint density at radius 1 is 1.04 bits per heavy atom. The standard InChI is InChI=1S/C20H16F2N2O3/c1-12(15-8-4-5-9-18(15)27-20(21)22)23-24-19(26)16-10-13-6-2-3-7-14(13)11-17(16)25/h2-11,20,25H,1H3,(H,24,26)/b23-12-. The maximum Gasteiger partial charge on any atom is 0.387 e. The summed E-state index contributed by atoms with van der Waals surface area (Å²) in [6.45, 7) is -1.42. The molecular weight excluding hydrogens is 354 g/mol. The van der Waals surface area contributed by atoms with Crippen molar-refractivity contribution in [1.29, 1.82) is 0 Å². The second-order valence-electron chi connectivity index (χ2n) is 5.73. The van der Waals surface area contributed by atoms with Crippen molar-refractivity contribution in [2.45, 2.75) is 13.5 Å². The predicted molar refractivity (Wildman–Crippen MR) is 98.4 cm³/mol. The van der Waals surface area contributed by atoms with Crippen molar-refractivity contribution in [3.8, 4) is 11.5 Å². The molecule has 5 nitrogen and oxygen atoms in total. The minimum absolute atomic E-state index is 0.0449. The zero-order valence-electron chi connectivity index (χ0n) is 14.3. The van der Waals surface area contributed by atoms with Gasteiger partial charge in [0.05, 0.1) is 11.3 Å². The SMILES string of the molecule is C/C(=N/NC(=O)c1cc2ccccc2cc1O)c1ccccc1OC(F)F. The molecular formula is C20H16F2N2O3. The van der Waals surface area contributed by atoms with Gasteiger partial charge in [0.15, 0.2) is 0 Å². The molecule has 2 N–H and O–H groups in total. The normalized spacial score (nSPS) is 11.6. The Balaban J connectivity index is 1.84. The highest BCUT2D eigenvalue weighted by molar-refractivity contribution is 6.04. The summed E-state index contributed by atoms with van der Waals surface area (Å²) in [4.78, 5) is 12.4. The zero-order valence-corrected chi connectivity index (χ0v) is 14.3. The molecule has 0 aromatic heterocycles. The van der Waals surface area contributed by atoms with E-state index in [1.165, 1.54) is 12.1 Å². The fraction of sp³-hybridized carbons (Fsp3) is 0.100. The van der Waals surface area contributed by atoms with Crippen LogP contribution >= 0.6 is 0 Å². The summed E-state index contributed by atoms with van der Waals surface area (Å²) < 4.78 is 29.5. The number of hydrazone groups is 1. The molecule has 3 aromatic rings. The Morgan fingerprint density at radius 2 is 1.67 bits per heavy atom. The molecule has 0 aliphatic heterocycles. The average Bonchev–Trinajstić information content (AvgIpc) is 2.65. The van der Waals surface area contributed by atoms with E-state index in [4.69, 9.17) is 0 Å². The first-order valence-corrected chi connectivity index (χ1v) is 8.06. The number of para-hydroxylation sites is 1. The summed E-state index contributed by atoms with van der Waals surface area (Å²) in [5, 5.41) is 15.6. The van der Waals surface area contributed by atoms with E-state index >= 15 is 0 Å². The first kappa shape index (κ1) is 18.3. The van der Waals surface area contributed by atoms with Crippen molar-refractivity contribution < 1.29 is 23.4 Å². The molecule has 0 spiro atoms. The van der Waals surface area contributed by atoms with Crippen LogP contribution in [0.4, 0.5) is 8.78 Å². The second kappa shape index (κ2) is 7.82. The Bertz CT molecular complexity index is 1020. The molecule has 1 amide bonds. The van der Waals surface area contributed by atoms with Gasteiger partial charge in [0, 0.05) is 5.56 Å². The van der Waals surface area contributed by atoms with E-state index in [9.17, 15) is 18.7 Å². The van der Waals surface area contributed by atoms with Crippen LogP contribution in [0.1, 0.15) is 22.8 Å². The average molecular weight is 370 g/mol. The van der Waals surface area contributed by atoms with Gasteiger partial charge in [-0.05, 0) is 42.0 Å². The van der Waals surface area contributed by atoms with E-state index in [1.807, 2.05) is 24.3 Å². The lowest BCUT2D eigenvalue weighted by molar-refractivity contribution is -0.0499. The molecule has 0 fully saturated rings. The fourth-order valence-electron chi connectivity index (χ4n) is 2.63. The van der Waals surface area contributed by atoms with Gasteiger partial charge in [0.2, 0.25) is 0 Å². The molecule has 0 atom stereocenters. The smallest absolute Gasteiger partial charge is 0.387 e. The molecule has 3 rings (SSSR count). The molecule has 3 aromatic carbocycles. The van der Waals surface area contributed by atoms with E-state index in [0.717, 1.165) is 10.8 Å². The number of hydrogen-bond donors (Lipinski definition) is 2. The van der Waals surface area contributed by atoms with Crippen LogP contribution in [-0.4, -0.2) is 23.3 Å². The van der Waals surface area contributed by atoms with Crippen LogP contribution in [0.2, 0.25) is 0 Å². The second-order valence-corrected chi connectivity index (χ2v) is 5.73. The van der Waals surface area contributed by atoms with E-state index in [0.29, 0.717) is 5.56 Å². The Kier molecular flexibility index (Phi) is 5.30. The quantitative estimate of drug-likeness (QED) is 0.520. The molecule has 138 valence electrons. The number of nitrogens with zero attached hydrogens (tertiary/aromatic N) is 1. The highest BCUT2D eigenvalue weighted by Gasteiger charge is 2.14. The fourth-order valence-corrected chi connectivity index (χ4v) is 2.63. The van der Waals surface area contributed by atoms with Gasteiger partial charge in [-0.2, -0.15) is 13.9 Å². The van der Waals surface area contributed by atoms with Crippen LogP contribution in [0.25, 0.3) is 10.8 Å². The molecule has 0 saturated carbocycles. The van der Waals surface area contributed by atoms with Crippen LogP contribution in [0.5, 0.6) is 11.5 Å². The summed E-state index contributed by atoms with van der Waals surface area (Å²) in [7, 11) is 0. The summed E-state index contributed by atoms with van der Waals surface area (Å²) >= 11 is 0. The maximum absolute atomic E-state index is 12.5. The third-order valence-corrected chi connectivity index (χ3v) is 3.93. The van der Waals surface area contributed by atoms with E-state index in [-0.39, 0.29) is 22.8 Å². The number of hydrogen-bond acceptors (Lipinski definition) is 4. The number of carbonyl (C=O) groups is 1. The number of phenols is 1. The van der Waals surface area contributed by atoms with Gasteiger partial charge >= 0.3 is 6.61 Å². The van der Waals surface area contributed by atoms with Crippen LogP contribution in [0.15, 0.2) is 65.8 Å². The van der Waals surface area contributed by atoms with Crippen LogP contribution < -0.4 is 10.2 Å². The molecule has 0 radical (unpaired) electrons. The van der Waals surface area contributed by atoms with Crippen molar-refractivity contribution >= 4 is 22.4 Å². The number of rotatable bonds is 5. The van der Waals surface area contributed by atoms with Crippen molar-refractivity contribution in [2.75, 3.05) is 0 Å². The first-order valence-electron chi connectivity index (χ1n) is 8.06. The third-order valence-electron chi connectivity index (χ3n) is 3.93. The number of benzene rings is 3. The lowest BCUT2D eigenvalue weighted by atomic mass is 10.1. The van der Waals surface area contributed by atoms with Gasteiger partial charge in [-0.3, -0.25) is 4.79 Å². The van der Waals surface area contributed by atoms with Crippen LogP contribution in [-0.2, 0) is 0 Å². The van der Waals surface area contributed by atoms with Crippen molar-refractivity contribution in [3.63, 3.8) is 0 Å². The van der Waals surface area contributed by atoms with Crippen molar-refractivity contribution in [2.24, 2.45) is 5.10 Å². The van der Waals surface area contributed by atoms with Crippen molar-refractivity contribution in [1.82, 2.24) is 5.43 Å². The minimum Gasteiger partial charge on any atom is -0.507 e. The molecule has 0 aliphatic rings. The number of carbonyl (C=O) groups excluding carboxylic acids is 1. The lowest BCUT2D eigenvalue weighted by Crippen LogP contribution is -2.20. The van der Waals surface area contributed by atoms with Crippen molar-refractivity contribution in [3.05, 3.63) is 71.8 Å². The Hall–Kier alpha value is -3.48. The minimum atomic E-state index is -2.97. The summed E-state index contributed by atoms with van der Waals surface area (Å²) in [6.07, 6.45) is 0. The largest absolute Gasteiger partial charge is 0.507 e. The van der Waals surface area contributed by atoms with Gasteiger partial charge in [-0.1, -0.05) is 36.4 Å². The summed E-state index contributed by atoms with van der Waals surface area (Å²) in [6, 6.07) is 16.5. The van der Waals surface area contributed by atoms with Gasteiger partial charge in [0.25, 0.3) is 5.91 Å². The van der Waals surface area contributed by atoms with Crippen LogP contribution in [0.3, 0.4) is 0 Å². The number of amides is 1. The Morgan fingerprint density at radius 3 is 2.37 bits per heavy atom. The van der Waals surface area contributed by atoms with E-state index in [2.05, 4.69) is 15.3 Å². The number of phenolic OH excluding ortho intramolecular Hbond substituents is 1. The molecule has 0 aliphatic carbocycles. The molecule has 0 bridgehead atoms. The number of halogens is 2. The molecule has 0 heterocycles. The van der Waals surface area contributed by atoms with Crippen LogP contribution in [0, 0.1) is 0 Å². The topological polar surface area (TPSA) is 70.9 Å². The van der Waals surface area contributed by atoms with Gasteiger partial charge in [-0.15, -0.1) is 0 Å².